The molecule has 4 rings (SSSR count). The van der Waals surface area contributed by atoms with Crippen molar-refractivity contribution in [3.63, 3.8) is 0 Å². The van der Waals surface area contributed by atoms with Crippen LogP contribution in [0.1, 0.15) is 43.2 Å². The molecule has 4 nitrogen and oxygen atoms in total. The van der Waals surface area contributed by atoms with Crippen LogP contribution in [0.25, 0.3) is 0 Å². The van der Waals surface area contributed by atoms with Crippen molar-refractivity contribution in [3.8, 4) is 0 Å². The number of nitrogens with one attached hydrogen (secondary N) is 1. The van der Waals surface area contributed by atoms with Gasteiger partial charge in [-0.3, -0.25) is 9.69 Å². The van der Waals surface area contributed by atoms with E-state index in [1.165, 1.54) is 6.07 Å². The van der Waals surface area contributed by atoms with Gasteiger partial charge in [-0.15, -0.1) is 0 Å². The van der Waals surface area contributed by atoms with Crippen LogP contribution in [0.3, 0.4) is 0 Å². The topological polar surface area (TPSA) is 41.6 Å². The molecule has 30 heavy (non-hydrogen) atoms. The molecule has 0 saturated carbocycles. The molecule has 1 N–H and O–H groups in total. The minimum absolute atomic E-state index is 0.0962. The molecule has 0 radical (unpaired) electrons. The van der Waals surface area contributed by atoms with Crippen LogP contribution in [-0.2, 0) is 22.6 Å². The van der Waals surface area contributed by atoms with Gasteiger partial charge in [0, 0.05) is 39.2 Å². The molecule has 0 aromatic heterocycles. The summed E-state index contributed by atoms with van der Waals surface area (Å²) in [5.74, 6) is 0.332. The van der Waals surface area contributed by atoms with Crippen molar-refractivity contribution in [1.29, 1.82) is 0 Å². The first kappa shape index (κ1) is 21.0. The van der Waals surface area contributed by atoms with E-state index in [-0.39, 0.29) is 17.3 Å². The third-order valence-corrected chi connectivity index (χ3v) is 6.46. The Morgan fingerprint density at radius 3 is 2.63 bits per heavy atom. The van der Waals surface area contributed by atoms with E-state index < -0.39 is 0 Å². The van der Waals surface area contributed by atoms with E-state index in [0.717, 1.165) is 63.1 Å². The predicted octanol–water partition coefficient (Wildman–Crippen LogP) is 4.29. The van der Waals surface area contributed by atoms with Gasteiger partial charge in [-0.2, -0.15) is 0 Å². The standard InChI is InChI=1S/C25H31FN2O2/c26-23-8-4-7-22(15-23)19-28-12-10-25(11-13-28)17-21(9-14-30-25)16-24(29)27-18-20-5-2-1-3-6-20/h1-8,15,21H,9-14,16-19H2,(H,27,29). The van der Waals surface area contributed by atoms with Gasteiger partial charge in [0.1, 0.15) is 5.82 Å². The lowest BCUT2D eigenvalue weighted by Gasteiger charge is -2.46. The molecule has 0 aliphatic carbocycles. The van der Waals surface area contributed by atoms with E-state index in [1.54, 1.807) is 12.1 Å². The summed E-state index contributed by atoms with van der Waals surface area (Å²) in [6.45, 7) is 4.00. The molecule has 2 aromatic rings. The number of halogens is 1. The molecule has 2 heterocycles. The first-order chi connectivity index (χ1) is 14.6. The normalized spacial score (nSPS) is 21.4. The smallest absolute Gasteiger partial charge is 0.220 e. The van der Waals surface area contributed by atoms with E-state index in [9.17, 15) is 9.18 Å². The highest BCUT2D eigenvalue weighted by Crippen LogP contribution is 2.39. The summed E-state index contributed by atoms with van der Waals surface area (Å²) in [5, 5.41) is 3.06. The SMILES string of the molecule is O=C(CC1CCOC2(CCN(Cc3cccc(F)c3)CC2)C1)NCc1ccccc1. The summed E-state index contributed by atoms with van der Waals surface area (Å²) >= 11 is 0. The highest BCUT2D eigenvalue weighted by molar-refractivity contribution is 5.76. The number of ether oxygens (including phenoxy) is 1. The van der Waals surface area contributed by atoms with Gasteiger partial charge < -0.3 is 10.1 Å². The predicted molar refractivity (Wildman–Crippen MR) is 115 cm³/mol. The zero-order valence-corrected chi connectivity index (χ0v) is 17.5. The fourth-order valence-electron chi connectivity index (χ4n) is 4.79. The summed E-state index contributed by atoms with van der Waals surface area (Å²) in [7, 11) is 0. The number of hydrogen-bond acceptors (Lipinski definition) is 3. The number of benzene rings is 2. The average Bonchev–Trinajstić information content (AvgIpc) is 2.75. The Labute approximate surface area is 178 Å². The minimum atomic E-state index is -0.176. The zero-order chi connectivity index (χ0) is 20.8. The number of carbonyl (C=O) groups excluding carboxylic acids is 1. The monoisotopic (exact) mass is 410 g/mol. The van der Waals surface area contributed by atoms with E-state index in [1.807, 2.05) is 36.4 Å². The molecule has 0 bridgehead atoms. The van der Waals surface area contributed by atoms with Gasteiger partial charge in [0.25, 0.3) is 0 Å². The van der Waals surface area contributed by atoms with Gasteiger partial charge in [-0.05, 0) is 54.9 Å². The molecule has 1 unspecified atom stereocenters. The van der Waals surface area contributed by atoms with Crippen LogP contribution in [-0.4, -0.2) is 36.1 Å². The molecule has 2 aliphatic heterocycles. The molecule has 5 heteroatoms. The van der Waals surface area contributed by atoms with Gasteiger partial charge in [0.2, 0.25) is 5.91 Å². The lowest BCUT2D eigenvalue weighted by molar-refractivity contribution is -0.136. The van der Waals surface area contributed by atoms with Crippen LogP contribution < -0.4 is 5.32 Å². The molecule has 2 fully saturated rings. The van der Waals surface area contributed by atoms with Crippen LogP contribution in [0.15, 0.2) is 54.6 Å². The number of rotatable bonds is 6. The summed E-state index contributed by atoms with van der Waals surface area (Å²) < 4.78 is 19.7. The second kappa shape index (κ2) is 9.71. The maximum Gasteiger partial charge on any atom is 0.220 e. The minimum Gasteiger partial charge on any atom is -0.375 e. The summed E-state index contributed by atoms with van der Waals surface area (Å²) in [4.78, 5) is 14.8. The van der Waals surface area contributed by atoms with E-state index in [4.69, 9.17) is 4.74 Å². The number of hydrogen-bond donors (Lipinski definition) is 1. The Morgan fingerprint density at radius 2 is 1.87 bits per heavy atom. The summed E-state index contributed by atoms with van der Waals surface area (Å²) in [6.07, 6.45) is 4.44. The number of likely N-dealkylation sites (tertiary alicyclic amines) is 1. The molecule has 160 valence electrons. The van der Waals surface area contributed by atoms with Crippen molar-refractivity contribution >= 4 is 5.91 Å². The van der Waals surface area contributed by atoms with Gasteiger partial charge in [-0.1, -0.05) is 42.5 Å². The van der Waals surface area contributed by atoms with Gasteiger partial charge in [0.05, 0.1) is 5.60 Å². The molecule has 1 atom stereocenters. The van der Waals surface area contributed by atoms with Crippen LogP contribution in [0.2, 0.25) is 0 Å². The van der Waals surface area contributed by atoms with Crippen LogP contribution in [0, 0.1) is 11.7 Å². The zero-order valence-electron chi connectivity index (χ0n) is 17.5. The van der Waals surface area contributed by atoms with Crippen molar-refractivity contribution in [2.45, 2.75) is 50.8 Å². The highest BCUT2D eigenvalue weighted by Gasteiger charge is 2.40. The molecule has 2 aliphatic rings. The van der Waals surface area contributed by atoms with E-state index >= 15 is 0 Å². The van der Waals surface area contributed by atoms with Crippen molar-refractivity contribution in [2.24, 2.45) is 5.92 Å². The number of carbonyl (C=O) groups is 1. The Bertz CT molecular complexity index is 834. The first-order valence-electron chi connectivity index (χ1n) is 11.0. The van der Waals surface area contributed by atoms with Crippen molar-refractivity contribution in [3.05, 3.63) is 71.5 Å². The first-order valence-corrected chi connectivity index (χ1v) is 11.0. The Hall–Kier alpha value is -2.24. The quantitative estimate of drug-likeness (QED) is 0.772. The van der Waals surface area contributed by atoms with Crippen molar-refractivity contribution in [1.82, 2.24) is 10.2 Å². The number of nitrogens with zero attached hydrogens (tertiary/aromatic N) is 1. The van der Waals surface area contributed by atoms with E-state index in [2.05, 4.69) is 10.2 Å². The lowest BCUT2D eigenvalue weighted by Crippen LogP contribution is -2.49. The average molecular weight is 411 g/mol. The molecule has 1 spiro atoms. The molecular formula is C25H31FN2O2. The second-order valence-electron chi connectivity index (χ2n) is 8.76. The van der Waals surface area contributed by atoms with Gasteiger partial charge >= 0.3 is 0 Å². The van der Waals surface area contributed by atoms with Crippen LogP contribution >= 0.6 is 0 Å². The maximum atomic E-state index is 13.4. The largest absolute Gasteiger partial charge is 0.375 e. The van der Waals surface area contributed by atoms with Crippen molar-refractivity contribution < 1.29 is 13.9 Å². The molecule has 2 saturated heterocycles. The van der Waals surface area contributed by atoms with Gasteiger partial charge in [-0.25, -0.2) is 4.39 Å². The van der Waals surface area contributed by atoms with Crippen LogP contribution in [0.4, 0.5) is 4.39 Å². The third kappa shape index (κ3) is 5.67. The molecule has 2 aromatic carbocycles. The summed E-state index contributed by atoms with van der Waals surface area (Å²) in [5.41, 5.74) is 2.05. The molecular weight excluding hydrogens is 379 g/mol. The highest BCUT2D eigenvalue weighted by atomic mass is 19.1. The van der Waals surface area contributed by atoms with Crippen LogP contribution in [0.5, 0.6) is 0 Å². The van der Waals surface area contributed by atoms with Crippen molar-refractivity contribution in [2.75, 3.05) is 19.7 Å². The Morgan fingerprint density at radius 1 is 1.10 bits per heavy atom. The fourth-order valence-corrected chi connectivity index (χ4v) is 4.79. The van der Waals surface area contributed by atoms with E-state index in [0.29, 0.717) is 18.9 Å². The maximum absolute atomic E-state index is 13.4. The van der Waals surface area contributed by atoms with Gasteiger partial charge in [0.15, 0.2) is 0 Å². The third-order valence-electron chi connectivity index (χ3n) is 6.46. The lowest BCUT2D eigenvalue weighted by atomic mass is 9.78. The number of piperidine rings is 1. The Kier molecular flexibility index (Phi) is 6.80. The molecule has 1 amide bonds. The summed E-state index contributed by atoms with van der Waals surface area (Å²) in [6, 6.07) is 16.9. The second-order valence-corrected chi connectivity index (χ2v) is 8.76. The Balaban J connectivity index is 1.24. The number of amides is 1. The fraction of sp³-hybridized carbons (Fsp3) is 0.480.